The zero-order chi connectivity index (χ0) is 15.5. The fourth-order valence-corrected chi connectivity index (χ4v) is 1.96. The largest absolute Gasteiger partial charge is 0.454 e. The number of fused-ring (bicyclic) bond motifs is 1. The molecule has 3 rings (SSSR count). The predicted molar refractivity (Wildman–Crippen MR) is 79.7 cm³/mol. The Bertz CT molecular complexity index is 748. The molecule has 0 radical (unpaired) electrons. The molecular formula is C13H9ClN4O4. The average molecular weight is 321 g/mol. The zero-order valence-electron chi connectivity index (χ0n) is 11.0. The van der Waals surface area contributed by atoms with Gasteiger partial charge in [0.05, 0.1) is 16.2 Å². The van der Waals surface area contributed by atoms with E-state index in [2.05, 4.69) is 15.5 Å². The number of benzene rings is 1. The Labute approximate surface area is 129 Å². The molecule has 1 aliphatic rings. The number of nitrogens with one attached hydrogen (secondary N) is 1. The van der Waals surface area contributed by atoms with Gasteiger partial charge in [-0.25, -0.2) is 4.98 Å². The summed E-state index contributed by atoms with van der Waals surface area (Å²) in [7, 11) is 0. The van der Waals surface area contributed by atoms with Crippen molar-refractivity contribution in [3.05, 3.63) is 51.2 Å². The third kappa shape index (κ3) is 2.91. The summed E-state index contributed by atoms with van der Waals surface area (Å²) < 4.78 is 10.5. The first-order valence-electron chi connectivity index (χ1n) is 6.12. The van der Waals surface area contributed by atoms with Crippen LogP contribution in [0.1, 0.15) is 5.56 Å². The van der Waals surface area contributed by atoms with E-state index in [0.717, 1.165) is 6.20 Å². The van der Waals surface area contributed by atoms with Gasteiger partial charge in [-0.05, 0) is 12.1 Å². The predicted octanol–water partition coefficient (Wildman–Crippen LogP) is 2.82. The van der Waals surface area contributed by atoms with Gasteiger partial charge in [-0.2, -0.15) is 5.10 Å². The van der Waals surface area contributed by atoms with Gasteiger partial charge in [0.2, 0.25) is 6.79 Å². The van der Waals surface area contributed by atoms with Crippen LogP contribution in [0.5, 0.6) is 11.5 Å². The molecule has 2 aromatic rings. The van der Waals surface area contributed by atoms with Gasteiger partial charge in [0.25, 0.3) is 5.69 Å². The summed E-state index contributed by atoms with van der Waals surface area (Å²) in [6, 6.07) is 6.14. The molecule has 1 aromatic carbocycles. The van der Waals surface area contributed by atoms with Gasteiger partial charge in [0.15, 0.2) is 11.5 Å². The summed E-state index contributed by atoms with van der Waals surface area (Å²) in [5, 5.41) is 15.0. The number of aromatic nitrogens is 1. The van der Waals surface area contributed by atoms with Crippen LogP contribution in [-0.2, 0) is 0 Å². The molecular weight excluding hydrogens is 312 g/mol. The Hall–Kier alpha value is -2.87. The van der Waals surface area contributed by atoms with Crippen LogP contribution in [0.3, 0.4) is 0 Å². The number of rotatable bonds is 4. The van der Waals surface area contributed by atoms with Crippen molar-refractivity contribution in [3.63, 3.8) is 0 Å². The van der Waals surface area contributed by atoms with E-state index in [9.17, 15) is 10.1 Å². The van der Waals surface area contributed by atoms with Gasteiger partial charge >= 0.3 is 0 Å². The zero-order valence-corrected chi connectivity index (χ0v) is 11.8. The molecule has 1 aliphatic heterocycles. The maximum absolute atomic E-state index is 10.5. The quantitative estimate of drug-likeness (QED) is 0.528. The summed E-state index contributed by atoms with van der Waals surface area (Å²) in [6.45, 7) is 0.164. The van der Waals surface area contributed by atoms with Crippen LogP contribution in [0.4, 0.5) is 11.5 Å². The Morgan fingerprint density at radius 2 is 2.14 bits per heavy atom. The maximum Gasteiger partial charge on any atom is 0.287 e. The number of ether oxygens (including phenoxy) is 2. The molecule has 9 heteroatoms. The van der Waals surface area contributed by atoms with Crippen molar-refractivity contribution in [2.45, 2.75) is 0 Å². The van der Waals surface area contributed by atoms with E-state index in [1.807, 2.05) is 0 Å². The normalized spacial score (nSPS) is 12.6. The van der Waals surface area contributed by atoms with E-state index in [4.69, 9.17) is 21.1 Å². The molecule has 1 N–H and O–H groups in total. The Balaban J connectivity index is 1.71. The number of anilines is 1. The summed E-state index contributed by atoms with van der Waals surface area (Å²) >= 11 is 6.10. The minimum absolute atomic E-state index is 0.0895. The van der Waals surface area contributed by atoms with Gasteiger partial charge in [0, 0.05) is 17.7 Å². The van der Waals surface area contributed by atoms with Crippen molar-refractivity contribution in [1.29, 1.82) is 0 Å². The molecule has 22 heavy (non-hydrogen) atoms. The third-order valence-electron chi connectivity index (χ3n) is 2.83. The minimum atomic E-state index is -0.521. The van der Waals surface area contributed by atoms with E-state index in [1.165, 1.54) is 18.3 Å². The summed E-state index contributed by atoms with van der Waals surface area (Å²) in [5.74, 6) is 1.56. The number of nitro groups is 1. The second kappa shape index (κ2) is 5.86. The molecule has 0 fully saturated rings. The molecule has 112 valence electrons. The second-order valence-corrected chi connectivity index (χ2v) is 4.66. The Morgan fingerprint density at radius 3 is 2.82 bits per heavy atom. The van der Waals surface area contributed by atoms with E-state index in [1.54, 1.807) is 12.1 Å². The first kappa shape index (κ1) is 14.1. The SMILES string of the molecule is O=[N+]([O-])c1ccc(N/N=C\c2cc3c(cc2Cl)OCO3)nc1. The minimum Gasteiger partial charge on any atom is -0.454 e. The first-order valence-corrected chi connectivity index (χ1v) is 6.50. The second-order valence-electron chi connectivity index (χ2n) is 4.26. The van der Waals surface area contributed by atoms with Crippen molar-refractivity contribution in [1.82, 2.24) is 4.98 Å². The van der Waals surface area contributed by atoms with Gasteiger partial charge in [0.1, 0.15) is 12.0 Å². The van der Waals surface area contributed by atoms with Gasteiger partial charge in [-0.15, -0.1) is 0 Å². The molecule has 0 aliphatic carbocycles. The molecule has 0 saturated heterocycles. The molecule has 0 spiro atoms. The highest BCUT2D eigenvalue weighted by atomic mass is 35.5. The van der Waals surface area contributed by atoms with Crippen molar-refractivity contribution in [3.8, 4) is 11.5 Å². The van der Waals surface area contributed by atoms with Crippen LogP contribution in [0.25, 0.3) is 0 Å². The molecule has 0 bridgehead atoms. The summed E-state index contributed by atoms with van der Waals surface area (Å²) in [5.41, 5.74) is 3.21. The highest BCUT2D eigenvalue weighted by Gasteiger charge is 2.15. The van der Waals surface area contributed by atoms with Crippen LogP contribution in [0.15, 0.2) is 35.6 Å². The smallest absolute Gasteiger partial charge is 0.287 e. The summed E-state index contributed by atoms with van der Waals surface area (Å²) in [4.78, 5) is 13.9. The molecule has 8 nitrogen and oxygen atoms in total. The molecule has 0 atom stereocenters. The van der Waals surface area contributed by atoms with E-state index < -0.39 is 4.92 Å². The number of hydrogen-bond donors (Lipinski definition) is 1. The number of halogens is 1. The fourth-order valence-electron chi connectivity index (χ4n) is 1.76. The standard InChI is InChI=1S/C13H9ClN4O4/c14-10-4-12-11(21-7-22-12)3-8(10)5-16-17-13-2-1-9(6-15-13)18(19)20/h1-6H,7H2,(H,15,17)/b16-5-. The lowest BCUT2D eigenvalue weighted by atomic mass is 10.2. The van der Waals surface area contributed by atoms with Crippen molar-refractivity contribution < 1.29 is 14.4 Å². The van der Waals surface area contributed by atoms with E-state index >= 15 is 0 Å². The van der Waals surface area contributed by atoms with Crippen LogP contribution in [0, 0.1) is 10.1 Å². The number of nitrogens with zero attached hydrogens (tertiary/aromatic N) is 3. The fraction of sp³-hybridized carbons (Fsp3) is 0.0769. The van der Waals surface area contributed by atoms with Gasteiger partial charge in [-0.1, -0.05) is 11.6 Å². The van der Waals surface area contributed by atoms with E-state index in [0.29, 0.717) is 27.9 Å². The van der Waals surface area contributed by atoms with Crippen LogP contribution in [-0.4, -0.2) is 22.9 Å². The highest BCUT2D eigenvalue weighted by Crippen LogP contribution is 2.36. The summed E-state index contributed by atoms with van der Waals surface area (Å²) in [6.07, 6.45) is 2.64. The van der Waals surface area contributed by atoms with Crippen LogP contribution in [0.2, 0.25) is 5.02 Å². The molecule has 0 saturated carbocycles. The number of hydrogen-bond acceptors (Lipinski definition) is 7. The molecule has 1 aromatic heterocycles. The highest BCUT2D eigenvalue weighted by molar-refractivity contribution is 6.33. The number of pyridine rings is 1. The van der Waals surface area contributed by atoms with E-state index in [-0.39, 0.29) is 12.5 Å². The monoisotopic (exact) mass is 320 g/mol. The molecule has 0 amide bonds. The number of hydrazone groups is 1. The Morgan fingerprint density at radius 1 is 1.36 bits per heavy atom. The average Bonchev–Trinajstić information content (AvgIpc) is 2.95. The van der Waals surface area contributed by atoms with Crippen molar-refractivity contribution in [2.24, 2.45) is 5.10 Å². The van der Waals surface area contributed by atoms with Crippen molar-refractivity contribution in [2.75, 3.05) is 12.2 Å². The topological polar surface area (TPSA) is 98.9 Å². The van der Waals surface area contributed by atoms with Crippen LogP contribution < -0.4 is 14.9 Å². The lowest BCUT2D eigenvalue weighted by molar-refractivity contribution is -0.385. The molecule has 2 heterocycles. The maximum atomic E-state index is 10.5. The molecule has 0 unspecified atom stereocenters. The lowest BCUT2D eigenvalue weighted by Crippen LogP contribution is -1.95. The first-order chi connectivity index (χ1) is 10.6. The lowest BCUT2D eigenvalue weighted by Gasteiger charge is -2.02. The Kier molecular flexibility index (Phi) is 3.75. The third-order valence-corrected chi connectivity index (χ3v) is 3.16. The van der Waals surface area contributed by atoms with Gasteiger partial charge < -0.3 is 9.47 Å². The van der Waals surface area contributed by atoms with Crippen molar-refractivity contribution >= 4 is 29.3 Å². The van der Waals surface area contributed by atoms with Gasteiger partial charge in [-0.3, -0.25) is 15.5 Å². The van der Waals surface area contributed by atoms with Crippen LogP contribution >= 0.6 is 11.6 Å².